The first-order valence-corrected chi connectivity index (χ1v) is 4.42. The molecule has 0 aromatic heterocycles. The molecule has 0 amide bonds. The van der Waals surface area contributed by atoms with Gasteiger partial charge in [0.2, 0.25) is 0 Å². The minimum atomic E-state index is 0.929. The molecule has 0 spiro atoms. The molecule has 0 N–H and O–H groups in total. The summed E-state index contributed by atoms with van der Waals surface area (Å²) in [5.74, 6) is 1.86. The van der Waals surface area contributed by atoms with Gasteiger partial charge in [0, 0.05) is 25.8 Å². The fraction of sp³-hybridized carbons (Fsp3) is 0.889. The third-order valence-electron chi connectivity index (χ3n) is 3.07. The van der Waals surface area contributed by atoms with E-state index in [0.717, 1.165) is 11.8 Å². The standard InChI is InChI=1S/C9H16N2/c1-10-9-3-7-5-11(2)6-8(7)4-9/h7-8H,3-6H2,1-2H3/t7-,8+. The lowest BCUT2D eigenvalue weighted by Gasteiger charge is -2.07. The van der Waals surface area contributed by atoms with Crippen molar-refractivity contribution in [3.63, 3.8) is 0 Å². The Bertz CT molecular complexity index is 170. The van der Waals surface area contributed by atoms with Crippen LogP contribution in [0.5, 0.6) is 0 Å². The molecule has 0 radical (unpaired) electrons. The lowest BCUT2D eigenvalue weighted by atomic mass is 10.0. The summed E-state index contributed by atoms with van der Waals surface area (Å²) in [4.78, 5) is 6.74. The van der Waals surface area contributed by atoms with E-state index < -0.39 is 0 Å². The van der Waals surface area contributed by atoms with Crippen LogP contribution in [0.3, 0.4) is 0 Å². The van der Waals surface area contributed by atoms with Crippen molar-refractivity contribution in [1.82, 2.24) is 4.90 Å². The Hall–Kier alpha value is -0.370. The van der Waals surface area contributed by atoms with Crippen molar-refractivity contribution >= 4 is 5.71 Å². The molecule has 0 unspecified atom stereocenters. The monoisotopic (exact) mass is 152 g/mol. The van der Waals surface area contributed by atoms with Gasteiger partial charge in [0.1, 0.15) is 0 Å². The molecule has 2 aliphatic rings. The number of nitrogens with zero attached hydrogens (tertiary/aromatic N) is 2. The lowest BCUT2D eigenvalue weighted by molar-refractivity contribution is 0.392. The van der Waals surface area contributed by atoms with Crippen molar-refractivity contribution in [3.05, 3.63) is 0 Å². The van der Waals surface area contributed by atoms with E-state index >= 15 is 0 Å². The highest BCUT2D eigenvalue weighted by Crippen LogP contribution is 2.35. The smallest absolute Gasteiger partial charge is 0.0276 e. The third-order valence-corrected chi connectivity index (χ3v) is 3.07. The van der Waals surface area contributed by atoms with Crippen molar-refractivity contribution in [1.29, 1.82) is 0 Å². The molecule has 0 aromatic carbocycles. The Labute approximate surface area is 68.3 Å². The first-order valence-electron chi connectivity index (χ1n) is 4.42. The van der Waals surface area contributed by atoms with Crippen LogP contribution in [0.1, 0.15) is 12.8 Å². The van der Waals surface area contributed by atoms with Gasteiger partial charge < -0.3 is 4.90 Å². The topological polar surface area (TPSA) is 15.6 Å². The Balaban J connectivity index is 2.04. The number of likely N-dealkylation sites (tertiary alicyclic amines) is 1. The Kier molecular flexibility index (Phi) is 1.72. The maximum absolute atomic E-state index is 4.29. The molecule has 0 bridgehead atoms. The van der Waals surface area contributed by atoms with Gasteiger partial charge in [0.15, 0.2) is 0 Å². The van der Waals surface area contributed by atoms with Crippen molar-refractivity contribution < 1.29 is 0 Å². The molecule has 2 nitrogen and oxygen atoms in total. The predicted octanol–water partition coefficient (Wildman–Crippen LogP) is 1.03. The van der Waals surface area contributed by atoms with Crippen LogP contribution in [0.4, 0.5) is 0 Å². The highest BCUT2D eigenvalue weighted by atomic mass is 15.1. The van der Waals surface area contributed by atoms with Crippen molar-refractivity contribution in [2.45, 2.75) is 12.8 Å². The molecular weight excluding hydrogens is 136 g/mol. The van der Waals surface area contributed by atoms with Crippen molar-refractivity contribution in [2.75, 3.05) is 27.2 Å². The van der Waals surface area contributed by atoms with E-state index in [1.807, 2.05) is 7.05 Å². The molecule has 2 fully saturated rings. The number of fused-ring (bicyclic) bond motifs is 1. The zero-order chi connectivity index (χ0) is 7.84. The molecule has 1 aliphatic heterocycles. The van der Waals surface area contributed by atoms with E-state index in [0.29, 0.717) is 0 Å². The average molecular weight is 152 g/mol. The van der Waals surface area contributed by atoms with Gasteiger partial charge in [0.25, 0.3) is 0 Å². The van der Waals surface area contributed by atoms with Gasteiger partial charge in [-0.15, -0.1) is 0 Å². The summed E-state index contributed by atoms with van der Waals surface area (Å²) in [5, 5.41) is 0. The molecule has 11 heavy (non-hydrogen) atoms. The predicted molar refractivity (Wildman–Crippen MR) is 47.1 cm³/mol. The normalized spacial score (nSPS) is 41.8. The second-order valence-electron chi connectivity index (χ2n) is 3.94. The quantitative estimate of drug-likeness (QED) is 0.506. The van der Waals surface area contributed by atoms with E-state index in [9.17, 15) is 0 Å². The largest absolute Gasteiger partial charge is 0.306 e. The van der Waals surface area contributed by atoms with Crippen molar-refractivity contribution in [3.8, 4) is 0 Å². The Morgan fingerprint density at radius 2 is 1.82 bits per heavy atom. The molecule has 1 heterocycles. The number of rotatable bonds is 0. The van der Waals surface area contributed by atoms with Gasteiger partial charge in [-0.3, -0.25) is 4.99 Å². The van der Waals surface area contributed by atoms with Crippen LogP contribution in [0.2, 0.25) is 0 Å². The first-order chi connectivity index (χ1) is 5.29. The van der Waals surface area contributed by atoms with Crippen LogP contribution in [0, 0.1) is 11.8 Å². The number of aliphatic imine (C=N–C) groups is 1. The van der Waals surface area contributed by atoms with Crippen LogP contribution in [0.15, 0.2) is 4.99 Å². The van der Waals surface area contributed by atoms with Crippen LogP contribution in [-0.2, 0) is 0 Å². The van der Waals surface area contributed by atoms with Gasteiger partial charge in [-0.25, -0.2) is 0 Å². The molecule has 2 atom stereocenters. The van der Waals surface area contributed by atoms with Gasteiger partial charge in [-0.1, -0.05) is 0 Å². The SMILES string of the molecule is CN=C1C[C@@H]2CN(C)C[C@@H]2C1. The van der Waals surface area contributed by atoms with Crippen LogP contribution in [0.25, 0.3) is 0 Å². The summed E-state index contributed by atoms with van der Waals surface area (Å²) in [6.07, 6.45) is 2.54. The third kappa shape index (κ3) is 1.20. The molecule has 1 aliphatic carbocycles. The highest BCUT2D eigenvalue weighted by molar-refractivity contribution is 5.87. The summed E-state index contributed by atoms with van der Waals surface area (Å²) in [7, 11) is 4.15. The van der Waals surface area contributed by atoms with Crippen molar-refractivity contribution in [2.24, 2.45) is 16.8 Å². The summed E-state index contributed by atoms with van der Waals surface area (Å²) >= 11 is 0. The van der Waals surface area contributed by atoms with Crippen LogP contribution in [-0.4, -0.2) is 37.8 Å². The lowest BCUT2D eigenvalue weighted by Crippen LogP contribution is -2.16. The van der Waals surface area contributed by atoms with E-state index in [4.69, 9.17) is 0 Å². The summed E-state index contributed by atoms with van der Waals surface area (Å²) in [6, 6.07) is 0. The average Bonchev–Trinajstić information content (AvgIpc) is 2.43. The van der Waals surface area contributed by atoms with E-state index in [1.165, 1.54) is 31.6 Å². The molecule has 62 valence electrons. The van der Waals surface area contributed by atoms with Gasteiger partial charge in [-0.05, 0) is 31.7 Å². The van der Waals surface area contributed by atoms with Gasteiger partial charge >= 0.3 is 0 Å². The molecule has 0 aromatic rings. The second-order valence-corrected chi connectivity index (χ2v) is 3.94. The molecule has 1 saturated heterocycles. The molecular formula is C9H16N2. The molecule has 2 rings (SSSR count). The highest BCUT2D eigenvalue weighted by Gasteiger charge is 2.37. The fourth-order valence-corrected chi connectivity index (χ4v) is 2.51. The van der Waals surface area contributed by atoms with E-state index in [-0.39, 0.29) is 0 Å². The second kappa shape index (κ2) is 2.59. The van der Waals surface area contributed by atoms with Crippen LogP contribution >= 0.6 is 0 Å². The zero-order valence-electron chi connectivity index (χ0n) is 7.38. The summed E-state index contributed by atoms with van der Waals surface area (Å²) in [6.45, 7) is 2.59. The fourth-order valence-electron chi connectivity index (χ4n) is 2.51. The van der Waals surface area contributed by atoms with E-state index in [1.54, 1.807) is 0 Å². The van der Waals surface area contributed by atoms with Gasteiger partial charge in [0.05, 0.1) is 0 Å². The number of hydrogen-bond acceptors (Lipinski definition) is 2. The Morgan fingerprint density at radius 1 is 1.27 bits per heavy atom. The first kappa shape index (κ1) is 7.29. The van der Waals surface area contributed by atoms with Crippen LogP contribution < -0.4 is 0 Å². The molecule has 2 heteroatoms. The minimum absolute atomic E-state index is 0.929. The maximum atomic E-state index is 4.29. The Morgan fingerprint density at radius 3 is 2.27 bits per heavy atom. The molecule has 1 saturated carbocycles. The number of hydrogen-bond donors (Lipinski definition) is 0. The summed E-state index contributed by atoms with van der Waals surface area (Å²) < 4.78 is 0. The summed E-state index contributed by atoms with van der Waals surface area (Å²) in [5.41, 5.74) is 1.45. The van der Waals surface area contributed by atoms with Gasteiger partial charge in [-0.2, -0.15) is 0 Å². The maximum Gasteiger partial charge on any atom is 0.0276 e. The zero-order valence-corrected chi connectivity index (χ0v) is 7.38. The van der Waals surface area contributed by atoms with E-state index in [2.05, 4.69) is 16.9 Å². The minimum Gasteiger partial charge on any atom is -0.306 e.